The van der Waals surface area contributed by atoms with Gasteiger partial charge in [0.05, 0.1) is 28.2 Å². The maximum absolute atomic E-state index is 13.4. The quantitative estimate of drug-likeness (QED) is 0.576. The average molecular weight is 473 g/mol. The van der Waals surface area contributed by atoms with Crippen molar-refractivity contribution in [1.82, 2.24) is 20.5 Å². The van der Waals surface area contributed by atoms with Gasteiger partial charge in [0, 0.05) is 25.6 Å². The lowest BCUT2D eigenvalue weighted by molar-refractivity contribution is -0.142. The smallest absolute Gasteiger partial charge is 0.243 e. The van der Waals surface area contributed by atoms with Gasteiger partial charge in [-0.1, -0.05) is 58.9 Å². The Morgan fingerprint density at radius 2 is 1.91 bits per heavy atom. The van der Waals surface area contributed by atoms with Gasteiger partial charge in [0.25, 0.3) is 0 Å². The number of thiazole rings is 1. The lowest BCUT2D eigenvalue weighted by Gasteiger charge is -2.36. The molecule has 1 saturated heterocycles. The number of nitrogens with one attached hydrogen (secondary N) is 2. The highest BCUT2D eigenvalue weighted by atomic mass is 32.1. The van der Waals surface area contributed by atoms with E-state index in [9.17, 15) is 14.7 Å². The van der Waals surface area contributed by atoms with E-state index < -0.39 is 18.2 Å². The molecular formula is C25H36N4O3S. The minimum atomic E-state index is -0.703. The van der Waals surface area contributed by atoms with Crippen molar-refractivity contribution in [3.8, 4) is 10.4 Å². The number of β-amino-alcohol motifs (C(OH)–C–C–N with tert-alkyl or cyclic N) is 1. The van der Waals surface area contributed by atoms with E-state index in [1.165, 1.54) is 0 Å². The molecule has 0 spiro atoms. The molecule has 2 aromatic rings. The number of hydrogen-bond donors (Lipinski definition) is 3. The van der Waals surface area contributed by atoms with E-state index in [1.54, 1.807) is 16.2 Å². The third kappa shape index (κ3) is 6.19. The van der Waals surface area contributed by atoms with Crippen LogP contribution >= 0.6 is 11.3 Å². The van der Waals surface area contributed by atoms with Crippen LogP contribution in [0.5, 0.6) is 0 Å². The summed E-state index contributed by atoms with van der Waals surface area (Å²) in [4.78, 5) is 33.4. The van der Waals surface area contributed by atoms with Crippen LogP contribution in [0.15, 0.2) is 29.8 Å². The number of nitrogens with zero attached hydrogens (tertiary/aromatic N) is 2. The molecule has 1 aliphatic heterocycles. The fourth-order valence-electron chi connectivity index (χ4n) is 4.16. The van der Waals surface area contributed by atoms with Crippen molar-refractivity contribution in [3.05, 3.63) is 41.0 Å². The zero-order valence-corrected chi connectivity index (χ0v) is 21.2. The van der Waals surface area contributed by atoms with Gasteiger partial charge in [0.15, 0.2) is 0 Å². The molecule has 3 unspecified atom stereocenters. The first kappa shape index (κ1) is 25.3. The number of likely N-dealkylation sites (tertiary alicyclic amines) is 1. The third-order valence-electron chi connectivity index (χ3n) is 5.91. The molecule has 1 aromatic carbocycles. The zero-order valence-electron chi connectivity index (χ0n) is 20.4. The minimum absolute atomic E-state index is 0.120. The summed E-state index contributed by atoms with van der Waals surface area (Å²) in [7, 11) is 0. The van der Waals surface area contributed by atoms with E-state index in [1.807, 2.05) is 71.3 Å². The van der Waals surface area contributed by atoms with Crippen LogP contribution in [0.2, 0.25) is 0 Å². The Morgan fingerprint density at radius 1 is 1.24 bits per heavy atom. The fraction of sp³-hybridized carbons (Fsp3) is 0.560. The predicted octanol–water partition coefficient (Wildman–Crippen LogP) is 3.11. The van der Waals surface area contributed by atoms with E-state index in [0.29, 0.717) is 6.54 Å². The highest BCUT2D eigenvalue weighted by Gasteiger charge is 2.43. The third-order valence-corrected chi connectivity index (χ3v) is 6.88. The van der Waals surface area contributed by atoms with Crippen molar-refractivity contribution in [1.29, 1.82) is 0 Å². The molecule has 0 saturated carbocycles. The number of benzene rings is 1. The summed E-state index contributed by atoms with van der Waals surface area (Å²) in [6.45, 7) is 12.5. The van der Waals surface area contributed by atoms with Crippen LogP contribution in [0.25, 0.3) is 10.4 Å². The Hall–Kier alpha value is -2.29. The lowest BCUT2D eigenvalue weighted by atomic mass is 9.85. The zero-order chi connectivity index (χ0) is 24.3. The molecule has 1 fully saturated rings. The molecule has 0 aliphatic carbocycles. The van der Waals surface area contributed by atoms with Gasteiger partial charge >= 0.3 is 0 Å². The van der Waals surface area contributed by atoms with Crippen LogP contribution in [-0.2, 0) is 16.1 Å². The number of rotatable bonds is 7. The maximum atomic E-state index is 13.4. The van der Waals surface area contributed by atoms with E-state index in [-0.39, 0.29) is 36.2 Å². The number of aryl methyl sites for hydroxylation is 1. The summed E-state index contributed by atoms with van der Waals surface area (Å²) < 4.78 is 0. The van der Waals surface area contributed by atoms with Crippen molar-refractivity contribution in [3.63, 3.8) is 0 Å². The number of aromatic nitrogens is 1. The molecule has 180 valence electrons. The first-order valence-electron chi connectivity index (χ1n) is 11.5. The number of carbonyl (C=O) groups is 2. The van der Waals surface area contributed by atoms with Crippen LogP contribution in [-0.4, -0.2) is 57.6 Å². The van der Waals surface area contributed by atoms with Gasteiger partial charge in [-0.2, -0.15) is 0 Å². The standard InChI is InChI=1S/C25H36N4O3S/c1-15(2)28-22(25(4,5)6)24(32)29-13-19(30)11-20(29)23(31)26-12-17-7-9-18(10-8-17)21-16(3)27-14-33-21/h7-10,14-15,19-20,22,28,30H,11-13H2,1-6H3,(H,26,31). The Labute approximate surface area is 200 Å². The van der Waals surface area contributed by atoms with Crippen LogP contribution in [0.1, 0.15) is 52.3 Å². The number of carbonyl (C=O) groups excluding carboxylic acids is 2. The Balaban J connectivity index is 1.66. The first-order chi connectivity index (χ1) is 15.5. The Morgan fingerprint density at radius 3 is 2.45 bits per heavy atom. The number of aliphatic hydroxyl groups excluding tert-OH is 1. The second-order valence-corrected chi connectivity index (χ2v) is 11.1. The van der Waals surface area contributed by atoms with E-state index in [4.69, 9.17) is 0 Å². The summed E-state index contributed by atoms with van der Waals surface area (Å²) in [5.74, 6) is -0.378. The van der Waals surface area contributed by atoms with Crippen molar-refractivity contribution in [2.75, 3.05) is 6.54 Å². The molecule has 1 aromatic heterocycles. The fourth-order valence-corrected chi connectivity index (χ4v) is 4.97. The monoisotopic (exact) mass is 472 g/mol. The van der Waals surface area contributed by atoms with Crippen molar-refractivity contribution in [2.45, 2.75) is 78.7 Å². The summed E-state index contributed by atoms with van der Waals surface area (Å²) >= 11 is 1.61. The molecule has 3 atom stereocenters. The second kappa shape index (κ2) is 10.3. The molecule has 3 N–H and O–H groups in total. The van der Waals surface area contributed by atoms with Crippen molar-refractivity contribution >= 4 is 23.2 Å². The number of hydrogen-bond acceptors (Lipinski definition) is 6. The average Bonchev–Trinajstić information content (AvgIpc) is 3.35. The van der Waals surface area contributed by atoms with Crippen molar-refractivity contribution in [2.24, 2.45) is 5.41 Å². The maximum Gasteiger partial charge on any atom is 0.243 e. The molecule has 1 aliphatic rings. The predicted molar refractivity (Wildman–Crippen MR) is 132 cm³/mol. The summed E-state index contributed by atoms with van der Waals surface area (Å²) in [6, 6.07) is 7.04. The molecule has 3 rings (SSSR count). The molecular weight excluding hydrogens is 436 g/mol. The Kier molecular flexibility index (Phi) is 7.92. The van der Waals surface area contributed by atoms with E-state index in [2.05, 4.69) is 15.6 Å². The van der Waals surface area contributed by atoms with Crippen LogP contribution in [0.3, 0.4) is 0 Å². The molecule has 2 heterocycles. The van der Waals surface area contributed by atoms with Gasteiger partial charge in [-0.05, 0) is 23.5 Å². The Bertz CT molecular complexity index is 965. The van der Waals surface area contributed by atoms with Crippen LogP contribution in [0.4, 0.5) is 0 Å². The molecule has 0 radical (unpaired) electrons. The molecule has 8 heteroatoms. The highest BCUT2D eigenvalue weighted by Crippen LogP contribution is 2.28. The van der Waals surface area contributed by atoms with Gasteiger partial charge in [0.1, 0.15) is 6.04 Å². The van der Waals surface area contributed by atoms with E-state index >= 15 is 0 Å². The van der Waals surface area contributed by atoms with Crippen LogP contribution in [0, 0.1) is 12.3 Å². The second-order valence-electron chi connectivity index (χ2n) is 10.2. The first-order valence-corrected chi connectivity index (χ1v) is 12.4. The lowest BCUT2D eigenvalue weighted by Crippen LogP contribution is -2.57. The van der Waals surface area contributed by atoms with Gasteiger partial charge in [-0.25, -0.2) is 4.98 Å². The van der Waals surface area contributed by atoms with Gasteiger partial charge < -0.3 is 20.6 Å². The minimum Gasteiger partial charge on any atom is -0.391 e. The topological polar surface area (TPSA) is 94.6 Å². The highest BCUT2D eigenvalue weighted by molar-refractivity contribution is 7.13. The number of aliphatic hydroxyl groups is 1. The van der Waals surface area contributed by atoms with Gasteiger partial charge in [-0.3, -0.25) is 9.59 Å². The van der Waals surface area contributed by atoms with Crippen LogP contribution < -0.4 is 10.6 Å². The van der Waals surface area contributed by atoms with E-state index in [0.717, 1.165) is 21.7 Å². The summed E-state index contributed by atoms with van der Waals surface area (Å²) in [5.41, 5.74) is 4.59. The molecule has 0 bridgehead atoms. The summed E-state index contributed by atoms with van der Waals surface area (Å²) in [5, 5.41) is 16.6. The summed E-state index contributed by atoms with van der Waals surface area (Å²) in [6.07, 6.45) is -0.453. The largest absolute Gasteiger partial charge is 0.391 e. The van der Waals surface area contributed by atoms with Crippen molar-refractivity contribution < 1.29 is 14.7 Å². The van der Waals surface area contributed by atoms with Gasteiger partial charge in [0.2, 0.25) is 11.8 Å². The molecule has 2 amide bonds. The molecule has 7 nitrogen and oxygen atoms in total. The molecule has 33 heavy (non-hydrogen) atoms. The number of amides is 2. The normalized spacial score (nSPS) is 19.7. The SMILES string of the molecule is Cc1ncsc1-c1ccc(CNC(=O)C2CC(O)CN2C(=O)C(NC(C)C)C(C)(C)C)cc1. The van der Waals surface area contributed by atoms with Gasteiger partial charge in [-0.15, -0.1) is 11.3 Å².